The molecule has 1 amide bonds. The third-order valence-electron chi connectivity index (χ3n) is 8.65. The van der Waals surface area contributed by atoms with Crippen LogP contribution in [0.1, 0.15) is 52.9 Å². The molecular weight excluding hydrogens is 578 g/mol. The first-order chi connectivity index (χ1) is 21.4. The van der Waals surface area contributed by atoms with Crippen LogP contribution in [0.25, 0.3) is 5.57 Å². The lowest BCUT2D eigenvalue weighted by atomic mass is 9.88. The number of hydrogen-bond acceptors (Lipinski definition) is 9. The van der Waals surface area contributed by atoms with E-state index in [1.807, 2.05) is 36.5 Å². The van der Waals surface area contributed by atoms with E-state index in [2.05, 4.69) is 25.5 Å². The molecule has 0 spiro atoms. The molecule has 3 aromatic rings. The van der Waals surface area contributed by atoms with Crippen LogP contribution in [0.5, 0.6) is 5.75 Å². The zero-order valence-electron chi connectivity index (χ0n) is 25.1. The average Bonchev–Trinajstić information content (AvgIpc) is 3.52. The number of aliphatic imine (C=N–C) groups is 1. The minimum atomic E-state index is -0.116. The second-order valence-electron chi connectivity index (χ2n) is 11.4. The fourth-order valence-electron chi connectivity index (χ4n) is 6.31. The van der Waals surface area contributed by atoms with Crippen molar-refractivity contribution in [3.63, 3.8) is 0 Å². The number of aryl methyl sites for hydroxylation is 1. The monoisotopic (exact) mass is 615 g/mol. The molecule has 1 aromatic heterocycles. The Bertz CT molecular complexity index is 1600. The van der Waals surface area contributed by atoms with Gasteiger partial charge in [0, 0.05) is 79.1 Å². The summed E-state index contributed by atoms with van der Waals surface area (Å²) in [5, 5.41) is 7.07. The van der Waals surface area contributed by atoms with Crippen molar-refractivity contribution in [2.75, 3.05) is 45.8 Å². The Labute approximate surface area is 262 Å². The highest BCUT2D eigenvalue weighted by Gasteiger charge is 2.30. The number of ether oxygens (including phenoxy) is 2. The lowest BCUT2D eigenvalue weighted by Gasteiger charge is -2.31. The van der Waals surface area contributed by atoms with Crippen molar-refractivity contribution in [1.82, 2.24) is 20.2 Å². The van der Waals surface area contributed by atoms with E-state index in [0.29, 0.717) is 57.5 Å². The molecule has 2 fully saturated rings. The molecule has 1 atom stereocenters. The molecule has 2 aliphatic heterocycles. The highest BCUT2D eigenvalue weighted by Crippen LogP contribution is 2.34. The topological polar surface area (TPSA) is 127 Å². The number of anilines is 2. The quantitative estimate of drug-likeness (QED) is 0.314. The summed E-state index contributed by atoms with van der Waals surface area (Å²) >= 11 is 6.55. The SMILES string of the molecule is CN=C(C1=C(N)CCc2cnc(Nc3ccc(C(=O)N[C@@H]4CCN(C5CCOCC5)C4)cc3OC)nc21)c1ccccc1Cl. The van der Waals surface area contributed by atoms with Gasteiger partial charge in [-0.25, -0.2) is 9.97 Å². The minimum absolute atomic E-state index is 0.116. The first kappa shape index (κ1) is 30.1. The highest BCUT2D eigenvalue weighted by atomic mass is 35.5. The first-order valence-electron chi connectivity index (χ1n) is 15.1. The van der Waals surface area contributed by atoms with Crippen molar-refractivity contribution in [3.8, 4) is 5.75 Å². The van der Waals surface area contributed by atoms with E-state index < -0.39 is 0 Å². The van der Waals surface area contributed by atoms with Gasteiger partial charge in [0.1, 0.15) is 5.75 Å². The maximum atomic E-state index is 13.2. The molecule has 0 unspecified atom stereocenters. The smallest absolute Gasteiger partial charge is 0.251 e. The molecule has 2 saturated heterocycles. The molecule has 0 radical (unpaired) electrons. The number of nitrogens with two attached hydrogens (primary N) is 1. The Morgan fingerprint density at radius 3 is 2.75 bits per heavy atom. The molecule has 6 rings (SSSR count). The van der Waals surface area contributed by atoms with Gasteiger partial charge in [0.15, 0.2) is 0 Å². The Morgan fingerprint density at radius 1 is 1.16 bits per heavy atom. The van der Waals surface area contributed by atoms with E-state index in [0.717, 1.165) is 68.7 Å². The van der Waals surface area contributed by atoms with E-state index in [1.54, 1.807) is 26.3 Å². The number of likely N-dealkylation sites (tertiary alicyclic amines) is 1. The van der Waals surface area contributed by atoms with E-state index in [4.69, 9.17) is 31.8 Å². The Kier molecular flexibility index (Phi) is 9.11. The predicted octanol–water partition coefficient (Wildman–Crippen LogP) is 4.60. The first-order valence-corrected chi connectivity index (χ1v) is 15.5. The van der Waals surface area contributed by atoms with Crippen molar-refractivity contribution < 1.29 is 14.3 Å². The van der Waals surface area contributed by atoms with Crippen molar-refractivity contribution in [3.05, 3.63) is 81.8 Å². The van der Waals surface area contributed by atoms with Crippen LogP contribution >= 0.6 is 11.6 Å². The van der Waals surface area contributed by atoms with Crippen LogP contribution in [0.3, 0.4) is 0 Å². The number of rotatable bonds is 8. The van der Waals surface area contributed by atoms with Gasteiger partial charge in [0.2, 0.25) is 5.95 Å². The second kappa shape index (κ2) is 13.3. The normalized spacial score (nSPS) is 19.5. The van der Waals surface area contributed by atoms with Gasteiger partial charge >= 0.3 is 0 Å². The van der Waals surface area contributed by atoms with E-state index in [9.17, 15) is 4.79 Å². The zero-order chi connectivity index (χ0) is 30.6. The third-order valence-corrected chi connectivity index (χ3v) is 8.98. The number of nitrogens with one attached hydrogen (secondary N) is 2. The van der Waals surface area contributed by atoms with Crippen LogP contribution in [0, 0.1) is 0 Å². The lowest BCUT2D eigenvalue weighted by molar-refractivity contribution is 0.0415. The zero-order valence-corrected chi connectivity index (χ0v) is 25.9. The number of aromatic nitrogens is 2. The van der Waals surface area contributed by atoms with E-state index >= 15 is 0 Å². The number of allylic oxidation sites excluding steroid dienone is 2. The Balaban J connectivity index is 1.19. The number of benzene rings is 2. The van der Waals surface area contributed by atoms with Crippen LogP contribution in [0.2, 0.25) is 5.02 Å². The van der Waals surface area contributed by atoms with Crippen molar-refractivity contribution in [2.24, 2.45) is 10.7 Å². The van der Waals surface area contributed by atoms with Crippen molar-refractivity contribution >= 4 is 40.4 Å². The maximum Gasteiger partial charge on any atom is 0.251 e. The van der Waals surface area contributed by atoms with Crippen LogP contribution in [-0.2, 0) is 11.2 Å². The molecular formula is C33H38ClN7O3. The van der Waals surface area contributed by atoms with E-state index in [-0.39, 0.29) is 11.9 Å². The fourth-order valence-corrected chi connectivity index (χ4v) is 6.53. The van der Waals surface area contributed by atoms with Gasteiger partial charge in [0.25, 0.3) is 5.91 Å². The number of nitrogens with zero attached hydrogens (tertiary/aromatic N) is 4. The summed E-state index contributed by atoms with van der Waals surface area (Å²) in [6.07, 6.45) is 6.27. The molecule has 11 heteroatoms. The Morgan fingerprint density at radius 2 is 1.98 bits per heavy atom. The molecule has 0 saturated carbocycles. The van der Waals surface area contributed by atoms with Gasteiger partial charge in [-0.05, 0) is 61.9 Å². The molecule has 3 heterocycles. The van der Waals surface area contributed by atoms with Crippen molar-refractivity contribution in [1.29, 1.82) is 0 Å². The van der Waals surface area contributed by atoms with Gasteiger partial charge in [-0.2, -0.15) is 0 Å². The summed E-state index contributed by atoms with van der Waals surface area (Å²) in [6, 6.07) is 13.6. The number of carbonyl (C=O) groups excluding carboxylic acids is 1. The number of methoxy groups -OCH3 is 1. The predicted molar refractivity (Wildman–Crippen MR) is 173 cm³/mol. The summed E-state index contributed by atoms with van der Waals surface area (Å²) in [5.41, 5.74) is 12.4. The van der Waals surface area contributed by atoms with Crippen LogP contribution in [-0.4, -0.2) is 79.0 Å². The van der Waals surface area contributed by atoms with Gasteiger partial charge in [-0.15, -0.1) is 0 Å². The summed E-state index contributed by atoms with van der Waals surface area (Å²) in [4.78, 5) is 29.7. The molecule has 230 valence electrons. The number of halogens is 1. The van der Waals surface area contributed by atoms with Gasteiger partial charge in [-0.1, -0.05) is 29.8 Å². The summed E-state index contributed by atoms with van der Waals surface area (Å²) in [5.74, 6) is 0.770. The number of hydrogen-bond donors (Lipinski definition) is 3. The molecule has 2 aromatic carbocycles. The van der Waals surface area contributed by atoms with E-state index in [1.165, 1.54) is 0 Å². The Hall–Kier alpha value is -3.99. The number of fused-ring (bicyclic) bond motifs is 1. The third kappa shape index (κ3) is 6.29. The highest BCUT2D eigenvalue weighted by molar-refractivity contribution is 6.40. The molecule has 44 heavy (non-hydrogen) atoms. The number of carbonyl (C=O) groups is 1. The summed E-state index contributed by atoms with van der Waals surface area (Å²) in [6.45, 7) is 3.49. The molecule has 3 aliphatic rings. The molecule has 0 bridgehead atoms. The van der Waals surface area contributed by atoms with Gasteiger partial charge < -0.3 is 25.8 Å². The largest absolute Gasteiger partial charge is 0.495 e. The number of amides is 1. The maximum absolute atomic E-state index is 13.2. The van der Waals surface area contributed by atoms with Crippen LogP contribution < -0.4 is 21.1 Å². The van der Waals surface area contributed by atoms with Gasteiger partial charge in [-0.3, -0.25) is 14.7 Å². The summed E-state index contributed by atoms with van der Waals surface area (Å²) < 4.78 is 11.2. The van der Waals surface area contributed by atoms with Gasteiger partial charge in [0.05, 0.1) is 24.2 Å². The summed E-state index contributed by atoms with van der Waals surface area (Å²) in [7, 11) is 3.30. The van der Waals surface area contributed by atoms with Crippen LogP contribution in [0.15, 0.2) is 59.4 Å². The molecule has 1 aliphatic carbocycles. The standard InChI is InChI=1S/C33H38ClN7O3/c1-36-31(24-5-3-4-6-25(24)34)29-26(35)9-7-21-18-37-33(40-30(21)29)39-27-10-8-20(17-28(27)43-2)32(42)38-22-11-14-41(19-22)23-12-15-44-16-13-23/h3-6,8,10,17-18,22-23H,7,9,11-16,19,35H2,1-2H3,(H,38,42)(H,37,39,40)/t22-/m1/s1. The lowest BCUT2D eigenvalue weighted by Crippen LogP contribution is -2.41. The van der Waals surface area contributed by atoms with Crippen LogP contribution in [0.4, 0.5) is 11.6 Å². The molecule has 10 nitrogen and oxygen atoms in total. The second-order valence-corrected chi connectivity index (χ2v) is 11.8. The fraction of sp³-hybridized carbons (Fsp3) is 0.394. The average molecular weight is 616 g/mol. The molecule has 4 N–H and O–H groups in total. The minimum Gasteiger partial charge on any atom is -0.495 e. The van der Waals surface area contributed by atoms with Crippen molar-refractivity contribution in [2.45, 2.75) is 44.2 Å².